The molecular formula is C10H18N4S6. The first-order valence-corrected chi connectivity index (χ1v) is 8.84. The summed E-state index contributed by atoms with van der Waals surface area (Å²) in [5.41, 5.74) is 0. The number of nitrogens with one attached hydrogen (secondary N) is 2. The third kappa shape index (κ3) is 10.1. The molecule has 0 aromatic heterocycles. The lowest BCUT2D eigenvalue weighted by molar-refractivity contribution is 0.648. The zero-order valence-corrected chi connectivity index (χ0v) is 16.7. The Kier molecular flexibility index (Phi) is 11.1. The predicted octanol–water partition coefficient (Wildman–Crippen LogP) is 1.89. The van der Waals surface area contributed by atoms with Crippen LogP contribution in [-0.4, -0.2) is 68.4 Å². The number of thiocarbonyl (C=S) groups is 4. The van der Waals surface area contributed by atoms with Crippen LogP contribution in [0.15, 0.2) is 0 Å². The van der Waals surface area contributed by atoms with Crippen molar-refractivity contribution >= 4 is 89.7 Å². The van der Waals surface area contributed by atoms with Crippen molar-refractivity contribution in [3.8, 4) is 0 Å². The molecule has 0 aliphatic carbocycles. The van der Waals surface area contributed by atoms with Crippen LogP contribution in [-0.2, 0) is 0 Å². The Labute approximate surface area is 150 Å². The Morgan fingerprint density at radius 2 is 1.05 bits per heavy atom. The molecule has 4 nitrogen and oxygen atoms in total. The summed E-state index contributed by atoms with van der Waals surface area (Å²) >= 11 is 23.4. The van der Waals surface area contributed by atoms with Crippen molar-refractivity contribution in [1.82, 2.24) is 20.4 Å². The maximum absolute atomic E-state index is 5.18. The average Bonchev–Trinajstić information content (AvgIpc) is 2.34. The summed E-state index contributed by atoms with van der Waals surface area (Å²) in [5, 5.41) is 6.21. The number of nitrogens with zero attached hydrogens (tertiary/aromatic N) is 2. The van der Waals surface area contributed by atoms with Crippen LogP contribution in [0.1, 0.15) is 0 Å². The van der Waals surface area contributed by atoms with Crippen LogP contribution in [0.5, 0.6) is 0 Å². The van der Waals surface area contributed by atoms with Crippen LogP contribution in [0.25, 0.3) is 0 Å². The van der Waals surface area contributed by atoms with E-state index in [1.807, 2.05) is 38.0 Å². The minimum Gasteiger partial charge on any atom is -0.369 e. The van der Waals surface area contributed by atoms with Gasteiger partial charge in [-0.05, 0) is 23.5 Å². The fourth-order valence-electron chi connectivity index (χ4n) is 0.742. The van der Waals surface area contributed by atoms with Gasteiger partial charge in [-0.15, -0.1) is 0 Å². The minimum atomic E-state index is 0.660. The van der Waals surface area contributed by atoms with Gasteiger partial charge in [-0.25, -0.2) is 0 Å². The molecule has 114 valence electrons. The largest absolute Gasteiger partial charge is 0.369 e. The van der Waals surface area contributed by atoms with Crippen LogP contribution in [0.2, 0.25) is 0 Å². The van der Waals surface area contributed by atoms with Crippen molar-refractivity contribution in [3.05, 3.63) is 0 Å². The van der Waals surface area contributed by atoms with E-state index in [0.29, 0.717) is 21.7 Å². The molecule has 10 heteroatoms. The average molecular weight is 387 g/mol. The van der Waals surface area contributed by atoms with Crippen molar-refractivity contribution in [2.75, 3.05) is 41.3 Å². The highest BCUT2D eigenvalue weighted by Crippen LogP contribution is 2.08. The second kappa shape index (κ2) is 10.9. The fraction of sp³-hybridized carbons (Fsp3) is 0.600. The number of thioether (sulfide) groups is 2. The lowest BCUT2D eigenvalue weighted by Gasteiger charge is -2.15. The summed E-state index contributed by atoms with van der Waals surface area (Å²) in [4.78, 5) is 3.69. The smallest absolute Gasteiger partial charge is 0.142 e. The van der Waals surface area contributed by atoms with Gasteiger partial charge in [-0.3, -0.25) is 0 Å². The van der Waals surface area contributed by atoms with Crippen molar-refractivity contribution in [2.45, 2.75) is 0 Å². The van der Waals surface area contributed by atoms with E-state index in [-0.39, 0.29) is 0 Å². The summed E-state index contributed by atoms with van der Waals surface area (Å²) < 4.78 is 2.79. The summed E-state index contributed by atoms with van der Waals surface area (Å²) in [6.45, 7) is 1.36. The summed E-state index contributed by atoms with van der Waals surface area (Å²) in [5.74, 6) is 0. The monoisotopic (exact) mass is 386 g/mol. The standard InChI is InChI=1S/C10H18N4S6/c1-13(2)9(17)19-7(15)11-5-6-12-8(16)20-10(18)14(3)4/h5-6H2,1-4H3,(H,11,15)(H,12,16). The fourth-order valence-corrected chi connectivity index (χ4v) is 3.27. The molecule has 0 atom stereocenters. The number of rotatable bonds is 3. The van der Waals surface area contributed by atoms with Gasteiger partial charge in [0, 0.05) is 41.3 Å². The van der Waals surface area contributed by atoms with Gasteiger partial charge in [0.2, 0.25) is 0 Å². The van der Waals surface area contributed by atoms with Gasteiger partial charge in [0.1, 0.15) is 17.3 Å². The van der Waals surface area contributed by atoms with E-state index >= 15 is 0 Å². The molecule has 0 aliphatic heterocycles. The highest BCUT2D eigenvalue weighted by Gasteiger charge is 2.06. The van der Waals surface area contributed by atoms with Crippen LogP contribution in [0.4, 0.5) is 0 Å². The van der Waals surface area contributed by atoms with Crippen molar-refractivity contribution < 1.29 is 0 Å². The number of hydrogen-bond donors (Lipinski definition) is 2. The molecule has 0 unspecified atom stereocenters. The predicted molar refractivity (Wildman–Crippen MR) is 109 cm³/mol. The Bertz CT molecular complexity index is 346. The van der Waals surface area contributed by atoms with Crippen molar-refractivity contribution in [2.24, 2.45) is 0 Å². The first kappa shape index (κ1) is 20.3. The molecule has 0 radical (unpaired) electrons. The third-order valence-corrected chi connectivity index (χ3v) is 5.51. The highest BCUT2D eigenvalue weighted by atomic mass is 32.2. The molecule has 20 heavy (non-hydrogen) atoms. The first-order chi connectivity index (χ1) is 9.23. The van der Waals surface area contributed by atoms with Gasteiger partial charge in [0.05, 0.1) is 0 Å². The van der Waals surface area contributed by atoms with E-state index < -0.39 is 0 Å². The van der Waals surface area contributed by atoms with Gasteiger partial charge in [0.25, 0.3) is 0 Å². The van der Waals surface area contributed by atoms with Crippen molar-refractivity contribution in [3.63, 3.8) is 0 Å². The lowest BCUT2D eigenvalue weighted by Crippen LogP contribution is -2.33. The van der Waals surface area contributed by atoms with Gasteiger partial charge >= 0.3 is 0 Å². The van der Waals surface area contributed by atoms with Gasteiger partial charge in [-0.1, -0.05) is 48.9 Å². The zero-order chi connectivity index (χ0) is 15.7. The molecule has 0 aliphatic rings. The molecule has 0 bridgehead atoms. The molecule has 0 heterocycles. The number of hydrogen-bond acceptors (Lipinski definition) is 6. The molecule has 0 rings (SSSR count). The summed E-state index contributed by atoms with van der Waals surface area (Å²) in [6, 6.07) is 0. The first-order valence-electron chi connectivity index (χ1n) is 5.58. The van der Waals surface area contributed by atoms with Crippen LogP contribution in [0.3, 0.4) is 0 Å². The van der Waals surface area contributed by atoms with E-state index in [1.165, 1.54) is 23.5 Å². The Morgan fingerprint density at radius 1 is 0.750 bits per heavy atom. The third-order valence-electron chi connectivity index (χ3n) is 1.75. The second-order valence-corrected chi connectivity index (χ2v) is 8.57. The van der Waals surface area contributed by atoms with Crippen LogP contribution < -0.4 is 10.6 Å². The van der Waals surface area contributed by atoms with E-state index in [1.54, 1.807) is 0 Å². The maximum Gasteiger partial charge on any atom is 0.142 e. The molecular weight excluding hydrogens is 369 g/mol. The van der Waals surface area contributed by atoms with E-state index in [4.69, 9.17) is 48.9 Å². The molecule has 0 aromatic rings. The molecule has 0 spiro atoms. The van der Waals surface area contributed by atoms with Gasteiger partial charge < -0.3 is 20.4 Å². The van der Waals surface area contributed by atoms with Crippen LogP contribution >= 0.6 is 72.4 Å². The SMILES string of the molecule is CN(C)C(=S)SC(=S)NCCNC(=S)SC(=S)N(C)C. The quantitative estimate of drug-likeness (QED) is 0.554. The zero-order valence-electron chi connectivity index (χ0n) is 11.8. The molecule has 0 fully saturated rings. The topological polar surface area (TPSA) is 30.5 Å². The van der Waals surface area contributed by atoms with E-state index in [2.05, 4.69) is 10.6 Å². The summed E-state index contributed by atoms with van der Waals surface area (Å²) in [6.07, 6.45) is 0. The second-order valence-electron chi connectivity index (χ2n) is 3.95. The minimum absolute atomic E-state index is 0.660. The lowest BCUT2D eigenvalue weighted by atomic mass is 10.6. The molecule has 0 amide bonds. The maximum atomic E-state index is 5.18. The normalized spacial score (nSPS) is 9.60. The Hall–Kier alpha value is 0.260. The molecule has 0 saturated carbocycles. The van der Waals surface area contributed by atoms with Crippen molar-refractivity contribution in [1.29, 1.82) is 0 Å². The Morgan fingerprint density at radius 3 is 1.30 bits per heavy atom. The molecule has 0 aromatic carbocycles. The molecule has 2 N–H and O–H groups in total. The Balaban J connectivity index is 3.76. The van der Waals surface area contributed by atoms with Gasteiger partial charge in [0.15, 0.2) is 0 Å². The van der Waals surface area contributed by atoms with Gasteiger partial charge in [-0.2, -0.15) is 0 Å². The summed E-state index contributed by atoms with van der Waals surface area (Å²) in [7, 11) is 7.57. The highest BCUT2D eigenvalue weighted by molar-refractivity contribution is 8.38. The van der Waals surface area contributed by atoms with Crippen LogP contribution in [0, 0.1) is 0 Å². The molecule has 0 saturated heterocycles. The van der Waals surface area contributed by atoms with E-state index in [9.17, 15) is 0 Å². The van der Waals surface area contributed by atoms with E-state index in [0.717, 1.165) is 8.64 Å².